The number of aliphatic carboxylic acids is 1. The van der Waals surface area contributed by atoms with E-state index in [1.54, 1.807) is 11.8 Å². The Labute approximate surface area is 93.5 Å². The Kier molecular flexibility index (Phi) is 2.64. The minimum atomic E-state index is -0.903. The molecule has 2 atom stereocenters. The highest BCUT2D eigenvalue weighted by Gasteiger charge is 2.41. The van der Waals surface area contributed by atoms with E-state index in [4.69, 9.17) is 5.11 Å². The van der Waals surface area contributed by atoms with Gasteiger partial charge in [-0.25, -0.2) is 0 Å². The molecule has 1 N–H and O–H groups in total. The third kappa shape index (κ3) is 1.66. The average Bonchev–Trinajstić information content (AvgIpc) is 2.56. The molecular formula is C12H13NO3. The van der Waals surface area contributed by atoms with Crippen LogP contribution in [0.25, 0.3) is 0 Å². The molecule has 0 saturated carbocycles. The molecule has 4 nitrogen and oxygen atoms in total. The molecular weight excluding hydrogens is 206 g/mol. The zero-order valence-corrected chi connectivity index (χ0v) is 8.96. The summed E-state index contributed by atoms with van der Waals surface area (Å²) in [6, 6.07) is 8.89. The van der Waals surface area contributed by atoms with Crippen LogP contribution in [0.15, 0.2) is 30.3 Å². The fourth-order valence-electron chi connectivity index (χ4n) is 2.13. The van der Waals surface area contributed by atoms with Crippen LogP contribution in [0.5, 0.6) is 0 Å². The standard InChI is InChI=1S/C12H13NO3/c1-8-10(12(15)16)7-11(14)13(8)9-5-3-2-4-6-9/h2-6,8,10H,7H2,1H3,(H,15,16)/t8-,10-/m0/s1. The Morgan fingerprint density at radius 1 is 1.38 bits per heavy atom. The normalized spacial score (nSPS) is 24.8. The number of benzene rings is 1. The number of amides is 1. The summed E-state index contributed by atoms with van der Waals surface area (Å²) in [6.07, 6.45) is 0.0887. The number of carboxylic acid groups (broad SMARTS) is 1. The van der Waals surface area contributed by atoms with Crippen LogP contribution < -0.4 is 4.90 Å². The Morgan fingerprint density at radius 2 is 2.00 bits per heavy atom. The quantitative estimate of drug-likeness (QED) is 0.820. The lowest BCUT2D eigenvalue weighted by molar-refractivity contribution is -0.142. The fourth-order valence-corrected chi connectivity index (χ4v) is 2.13. The smallest absolute Gasteiger partial charge is 0.309 e. The Morgan fingerprint density at radius 3 is 2.50 bits per heavy atom. The second-order valence-electron chi connectivity index (χ2n) is 3.99. The van der Waals surface area contributed by atoms with Gasteiger partial charge in [0, 0.05) is 18.2 Å². The van der Waals surface area contributed by atoms with Gasteiger partial charge in [0.1, 0.15) is 0 Å². The van der Waals surface area contributed by atoms with E-state index in [-0.39, 0.29) is 18.4 Å². The highest BCUT2D eigenvalue weighted by molar-refractivity contribution is 6.00. The summed E-state index contributed by atoms with van der Waals surface area (Å²) in [5.74, 6) is -1.63. The van der Waals surface area contributed by atoms with Crippen LogP contribution in [0.3, 0.4) is 0 Å². The molecule has 1 aliphatic rings. The van der Waals surface area contributed by atoms with Crippen molar-refractivity contribution in [1.82, 2.24) is 0 Å². The maximum Gasteiger partial charge on any atom is 0.309 e. The molecule has 0 spiro atoms. The van der Waals surface area contributed by atoms with Crippen molar-refractivity contribution >= 4 is 17.6 Å². The van der Waals surface area contributed by atoms with Gasteiger partial charge in [-0.2, -0.15) is 0 Å². The topological polar surface area (TPSA) is 57.6 Å². The van der Waals surface area contributed by atoms with E-state index in [1.807, 2.05) is 30.3 Å². The SMILES string of the molecule is C[C@H]1[C@@H](C(=O)O)CC(=O)N1c1ccccc1. The predicted molar refractivity (Wildman–Crippen MR) is 59.1 cm³/mol. The second kappa shape index (κ2) is 3.96. The molecule has 0 bridgehead atoms. The predicted octanol–water partition coefficient (Wildman–Crippen LogP) is 1.51. The van der Waals surface area contributed by atoms with Gasteiger partial charge < -0.3 is 10.0 Å². The Hall–Kier alpha value is -1.84. The van der Waals surface area contributed by atoms with Crippen molar-refractivity contribution in [2.75, 3.05) is 4.90 Å². The number of para-hydroxylation sites is 1. The van der Waals surface area contributed by atoms with Gasteiger partial charge in [0.2, 0.25) is 5.91 Å². The van der Waals surface area contributed by atoms with Crippen molar-refractivity contribution in [3.63, 3.8) is 0 Å². The first-order valence-corrected chi connectivity index (χ1v) is 5.21. The van der Waals surface area contributed by atoms with E-state index in [0.29, 0.717) is 0 Å². The van der Waals surface area contributed by atoms with E-state index in [0.717, 1.165) is 5.69 Å². The number of nitrogens with zero attached hydrogens (tertiary/aromatic N) is 1. The van der Waals surface area contributed by atoms with E-state index >= 15 is 0 Å². The monoisotopic (exact) mass is 219 g/mol. The zero-order valence-electron chi connectivity index (χ0n) is 8.96. The van der Waals surface area contributed by atoms with E-state index in [1.165, 1.54) is 0 Å². The van der Waals surface area contributed by atoms with E-state index < -0.39 is 11.9 Å². The van der Waals surface area contributed by atoms with Gasteiger partial charge in [-0.15, -0.1) is 0 Å². The number of carboxylic acids is 1. The Bertz CT molecular complexity index is 416. The zero-order chi connectivity index (χ0) is 11.7. The van der Waals surface area contributed by atoms with Gasteiger partial charge in [-0.3, -0.25) is 9.59 Å². The van der Waals surface area contributed by atoms with E-state index in [9.17, 15) is 9.59 Å². The molecule has 16 heavy (non-hydrogen) atoms. The molecule has 1 fully saturated rings. The number of rotatable bonds is 2. The van der Waals surface area contributed by atoms with Crippen molar-refractivity contribution < 1.29 is 14.7 Å². The van der Waals surface area contributed by atoms with Gasteiger partial charge in [0.05, 0.1) is 5.92 Å². The first-order valence-electron chi connectivity index (χ1n) is 5.21. The summed E-state index contributed by atoms with van der Waals surface area (Å²) < 4.78 is 0. The Balaban J connectivity index is 2.30. The van der Waals surface area contributed by atoms with Gasteiger partial charge >= 0.3 is 5.97 Å². The molecule has 1 aliphatic heterocycles. The van der Waals surface area contributed by atoms with Crippen LogP contribution >= 0.6 is 0 Å². The van der Waals surface area contributed by atoms with Crippen LogP contribution in [0.4, 0.5) is 5.69 Å². The third-order valence-electron chi connectivity index (χ3n) is 3.00. The molecule has 0 unspecified atom stereocenters. The minimum absolute atomic E-state index is 0.0887. The van der Waals surface area contributed by atoms with Crippen LogP contribution in [0.1, 0.15) is 13.3 Å². The molecule has 0 aromatic heterocycles. The third-order valence-corrected chi connectivity index (χ3v) is 3.00. The summed E-state index contributed by atoms with van der Waals surface area (Å²) in [6.45, 7) is 1.77. The van der Waals surface area contributed by atoms with Crippen LogP contribution in [0, 0.1) is 5.92 Å². The summed E-state index contributed by atoms with van der Waals surface area (Å²) in [7, 11) is 0. The van der Waals surface area contributed by atoms with Crippen molar-refractivity contribution in [3.8, 4) is 0 Å². The first-order chi connectivity index (χ1) is 7.61. The number of carbonyl (C=O) groups excluding carboxylic acids is 1. The average molecular weight is 219 g/mol. The highest BCUT2D eigenvalue weighted by Crippen LogP contribution is 2.30. The van der Waals surface area contributed by atoms with Gasteiger partial charge in [0.25, 0.3) is 0 Å². The molecule has 0 radical (unpaired) electrons. The lowest BCUT2D eigenvalue weighted by atomic mass is 10.0. The molecule has 0 aliphatic carbocycles. The minimum Gasteiger partial charge on any atom is -0.481 e. The molecule has 1 aromatic carbocycles. The van der Waals surface area contributed by atoms with Crippen LogP contribution in [-0.4, -0.2) is 23.0 Å². The molecule has 84 valence electrons. The largest absolute Gasteiger partial charge is 0.481 e. The van der Waals surface area contributed by atoms with Crippen molar-refractivity contribution in [3.05, 3.63) is 30.3 Å². The summed E-state index contributed by atoms with van der Waals surface area (Å²) in [4.78, 5) is 24.3. The number of hydrogen-bond donors (Lipinski definition) is 1. The summed E-state index contributed by atoms with van der Waals surface area (Å²) >= 11 is 0. The first kappa shape index (κ1) is 10.7. The number of anilines is 1. The molecule has 2 rings (SSSR count). The fraction of sp³-hybridized carbons (Fsp3) is 0.333. The molecule has 1 amide bonds. The van der Waals surface area contributed by atoms with Gasteiger partial charge in [-0.1, -0.05) is 18.2 Å². The highest BCUT2D eigenvalue weighted by atomic mass is 16.4. The molecule has 1 heterocycles. The van der Waals surface area contributed by atoms with Gasteiger partial charge in [0.15, 0.2) is 0 Å². The number of hydrogen-bond acceptors (Lipinski definition) is 2. The van der Waals surface area contributed by atoms with E-state index in [2.05, 4.69) is 0 Å². The molecule has 1 saturated heterocycles. The second-order valence-corrected chi connectivity index (χ2v) is 3.99. The van der Waals surface area contributed by atoms with Crippen molar-refractivity contribution in [2.45, 2.75) is 19.4 Å². The lowest BCUT2D eigenvalue weighted by Gasteiger charge is -2.23. The summed E-state index contributed by atoms with van der Waals surface area (Å²) in [5.41, 5.74) is 0.767. The number of carbonyl (C=O) groups is 2. The van der Waals surface area contributed by atoms with Crippen LogP contribution in [0.2, 0.25) is 0 Å². The summed E-state index contributed by atoms with van der Waals surface area (Å²) in [5, 5.41) is 8.99. The maximum absolute atomic E-state index is 11.8. The van der Waals surface area contributed by atoms with Gasteiger partial charge in [-0.05, 0) is 19.1 Å². The molecule has 4 heteroatoms. The van der Waals surface area contributed by atoms with Crippen LogP contribution in [-0.2, 0) is 9.59 Å². The van der Waals surface area contributed by atoms with Crippen molar-refractivity contribution in [2.24, 2.45) is 5.92 Å². The van der Waals surface area contributed by atoms with Crippen molar-refractivity contribution in [1.29, 1.82) is 0 Å². The maximum atomic E-state index is 11.8. The molecule has 1 aromatic rings. The lowest BCUT2D eigenvalue weighted by Crippen LogP contribution is -2.34.